The van der Waals surface area contributed by atoms with Gasteiger partial charge in [0.25, 0.3) is 10.0 Å². The summed E-state index contributed by atoms with van der Waals surface area (Å²) in [7, 11) is -3.63. The van der Waals surface area contributed by atoms with Gasteiger partial charge in [-0.2, -0.15) is 0 Å². The third-order valence-corrected chi connectivity index (χ3v) is 5.60. The second-order valence-corrected chi connectivity index (χ2v) is 7.68. The van der Waals surface area contributed by atoms with Crippen LogP contribution in [0.4, 0.5) is 11.4 Å². The molecule has 6 heteroatoms. The molecule has 2 N–H and O–H groups in total. The summed E-state index contributed by atoms with van der Waals surface area (Å²) < 4.78 is 27.8. The average Bonchev–Trinajstić information content (AvgIpc) is 2.82. The van der Waals surface area contributed by atoms with Crippen LogP contribution in [-0.2, 0) is 16.4 Å². The molecule has 1 atom stereocenters. The minimum atomic E-state index is -3.63. The third-order valence-electron chi connectivity index (χ3n) is 3.83. The summed E-state index contributed by atoms with van der Waals surface area (Å²) in [6.07, 6.45) is 0.828. The Morgan fingerprint density at radius 2 is 2.05 bits per heavy atom. The molecule has 1 unspecified atom stereocenters. The number of halogens is 1. The molecule has 1 heterocycles. The highest BCUT2D eigenvalue weighted by Gasteiger charge is 2.21. The molecule has 0 spiro atoms. The Kier molecular flexibility index (Phi) is 3.78. The number of hydrogen-bond acceptors (Lipinski definition) is 3. The van der Waals surface area contributed by atoms with Crippen molar-refractivity contribution in [1.82, 2.24) is 0 Å². The molecular weight excluding hydrogens is 320 g/mol. The Morgan fingerprint density at radius 3 is 2.82 bits per heavy atom. The Bertz CT molecular complexity index is 834. The summed E-state index contributed by atoms with van der Waals surface area (Å²) in [5.41, 5.74) is 3.24. The van der Waals surface area contributed by atoms with Gasteiger partial charge in [-0.05, 0) is 61.7 Å². The summed E-state index contributed by atoms with van der Waals surface area (Å²) in [6.45, 7) is 3.86. The van der Waals surface area contributed by atoms with Crippen molar-refractivity contribution in [1.29, 1.82) is 0 Å². The minimum absolute atomic E-state index is 0.265. The summed E-state index contributed by atoms with van der Waals surface area (Å²) in [5.74, 6) is 0. The van der Waals surface area contributed by atoms with Crippen molar-refractivity contribution in [2.45, 2.75) is 31.2 Å². The maximum atomic E-state index is 12.6. The fourth-order valence-corrected chi connectivity index (χ4v) is 3.96. The lowest BCUT2D eigenvalue weighted by Crippen LogP contribution is -2.14. The number of nitrogens with one attached hydrogen (secondary N) is 2. The summed E-state index contributed by atoms with van der Waals surface area (Å²) in [5, 5.41) is 3.84. The maximum Gasteiger partial charge on any atom is 0.261 e. The Labute approximate surface area is 135 Å². The molecule has 0 fully saturated rings. The molecule has 4 nitrogen and oxygen atoms in total. The second kappa shape index (κ2) is 5.48. The van der Waals surface area contributed by atoms with Gasteiger partial charge < -0.3 is 5.32 Å². The average molecular weight is 337 g/mol. The van der Waals surface area contributed by atoms with Gasteiger partial charge >= 0.3 is 0 Å². The highest BCUT2D eigenvalue weighted by molar-refractivity contribution is 7.92. The van der Waals surface area contributed by atoms with Crippen LogP contribution in [-0.4, -0.2) is 14.5 Å². The predicted molar refractivity (Wildman–Crippen MR) is 90.2 cm³/mol. The largest absolute Gasteiger partial charge is 0.382 e. The van der Waals surface area contributed by atoms with E-state index < -0.39 is 10.0 Å². The third kappa shape index (κ3) is 2.78. The fourth-order valence-electron chi connectivity index (χ4n) is 2.62. The zero-order valence-corrected chi connectivity index (χ0v) is 13.9. The molecule has 0 bridgehead atoms. The lowest BCUT2D eigenvalue weighted by molar-refractivity contribution is 0.601. The Morgan fingerprint density at radius 1 is 1.27 bits per heavy atom. The molecule has 0 amide bonds. The van der Waals surface area contributed by atoms with Crippen LogP contribution in [0.25, 0.3) is 0 Å². The maximum absolute atomic E-state index is 12.6. The van der Waals surface area contributed by atoms with Gasteiger partial charge in [-0.1, -0.05) is 17.7 Å². The number of rotatable bonds is 3. The summed E-state index contributed by atoms with van der Waals surface area (Å²) in [6, 6.07) is 10.7. The molecule has 2 aromatic rings. The van der Waals surface area contributed by atoms with Gasteiger partial charge in [-0.25, -0.2) is 8.42 Å². The van der Waals surface area contributed by atoms with Crippen LogP contribution in [0.5, 0.6) is 0 Å². The number of sulfonamides is 1. The zero-order chi connectivity index (χ0) is 15.9. The number of benzene rings is 2. The molecule has 116 valence electrons. The van der Waals surface area contributed by atoms with E-state index in [2.05, 4.69) is 17.0 Å². The second-order valence-electron chi connectivity index (χ2n) is 5.59. The first-order chi connectivity index (χ1) is 10.4. The van der Waals surface area contributed by atoms with Crippen molar-refractivity contribution in [2.75, 3.05) is 10.0 Å². The van der Waals surface area contributed by atoms with E-state index in [1.54, 1.807) is 37.3 Å². The van der Waals surface area contributed by atoms with Gasteiger partial charge in [-0.3, -0.25) is 4.72 Å². The van der Waals surface area contributed by atoms with E-state index in [9.17, 15) is 8.42 Å². The Balaban J connectivity index is 1.94. The highest BCUT2D eigenvalue weighted by Crippen LogP contribution is 2.30. The topological polar surface area (TPSA) is 58.2 Å². The Hall–Kier alpha value is -1.72. The fraction of sp³-hybridized carbons (Fsp3) is 0.250. The van der Waals surface area contributed by atoms with Crippen LogP contribution < -0.4 is 10.0 Å². The van der Waals surface area contributed by atoms with E-state index in [0.29, 0.717) is 22.3 Å². The lowest BCUT2D eigenvalue weighted by Gasteiger charge is -2.12. The number of anilines is 2. The van der Waals surface area contributed by atoms with Crippen molar-refractivity contribution in [3.05, 3.63) is 52.5 Å². The SMILES string of the molecule is Cc1c(Cl)cccc1NS(=O)(=O)c1ccc2c(c1)CC(C)N2. The van der Waals surface area contributed by atoms with Gasteiger partial charge in [-0.15, -0.1) is 0 Å². The first-order valence-corrected chi connectivity index (χ1v) is 8.90. The number of fused-ring (bicyclic) bond motifs is 1. The van der Waals surface area contributed by atoms with Crippen molar-refractivity contribution in [2.24, 2.45) is 0 Å². The first-order valence-electron chi connectivity index (χ1n) is 7.04. The van der Waals surface area contributed by atoms with Crippen molar-refractivity contribution in [3.63, 3.8) is 0 Å². The standard InChI is InChI=1S/C16H17ClN2O2S/c1-10-8-12-9-13(6-7-16(12)18-10)22(20,21)19-15-5-3-4-14(17)11(15)2/h3-7,9-10,18-19H,8H2,1-2H3. The quantitative estimate of drug-likeness (QED) is 0.896. The molecule has 3 rings (SSSR count). The van der Waals surface area contributed by atoms with Crippen molar-refractivity contribution in [3.8, 4) is 0 Å². The lowest BCUT2D eigenvalue weighted by atomic mass is 10.1. The van der Waals surface area contributed by atoms with Gasteiger partial charge in [0.15, 0.2) is 0 Å². The van der Waals surface area contributed by atoms with Crippen molar-refractivity contribution >= 4 is 33.0 Å². The van der Waals surface area contributed by atoms with Crippen LogP contribution in [0, 0.1) is 6.92 Å². The van der Waals surface area contributed by atoms with E-state index in [1.807, 2.05) is 6.07 Å². The molecule has 0 saturated heterocycles. The first kappa shape index (κ1) is 15.2. The van der Waals surface area contributed by atoms with Crippen LogP contribution in [0.2, 0.25) is 5.02 Å². The van der Waals surface area contributed by atoms with E-state index in [-0.39, 0.29) is 4.90 Å². The normalized spacial score (nSPS) is 17.0. The van der Waals surface area contributed by atoms with E-state index >= 15 is 0 Å². The summed E-state index contributed by atoms with van der Waals surface area (Å²) in [4.78, 5) is 0.265. The van der Waals surface area contributed by atoms with E-state index in [1.165, 1.54) is 0 Å². The van der Waals surface area contributed by atoms with Gasteiger partial charge in [0.1, 0.15) is 0 Å². The van der Waals surface area contributed by atoms with E-state index in [4.69, 9.17) is 11.6 Å². The van der Waals surface area contributed by atoms with Gasteiger partial charge in [0, 0.05) is 16.8 Å². The molecule has 2 aromatic carbocycles. The van der Waals surface area contributed by atoms with Crippen LogP contribution >= 0.6 is 11.6 Å². The molecule has 0 aromatic heterocycles. The molecule has 0 saturated carbocycles. The van der Waals surface area contributed by atoms with Crippen LogP contribution in [0.1, 0.15) is 18.1 Å². The molecule has 22 heavy (non-hydrogen) atoms. The van der Waals surface area contributed by atoms with Crippen LogP contribution in [0.3, 0.4) is 0 Å². The molecular formula is C16H17ClN2O2S. The van der Waals surface area contributed by atoms with Crippen LogP contribution in [0.15, 0.2) is 41.3 Å². The van der Waals surface area contributed by atoms with Gasteiger partial charge in [0.05, 0.1) is 10.6 Å². The zero-order valence-electron chi connectivity index (χ0n) is 12.4. The van der Waals surface area contributed by atoms with E-state index in [0.717, 1.165) is 17.7 Å². The van der Waals surface area contributed by atoms with Gasteiger partial charge in [0.2, 0.25) is 0 Å². The predicted octanol–water partition coefficient (Wildman–Crippen LogP) is 3.81. The molecule has 0 radical (unpaired) electrons. The minimum Gasteiger partial charge on any atom is -0.382 e. The molecule has 1 aliphatic rings. The number of hydrogen-bond donors (Lipinski definition) is 2. The smallest absolute Gasteiger partial charge is 0.261 e. The monoisotopic (exact) mass is 336 g/mol. The summed E-state index contributed by atoms with van der Waals surface area (Å²) >= 11 is 6.04. The molecule has 0 aliphatic carbocycles. The molecule has 1 aliphatic heterocycles. The van der Waals surface area contributed by atoms with Crippen molar-refractivity contribution < 1.29 is 8.42 Å². The highest BCUT2D eigenvalue weighted by atomic mass is 35.5.